The molecule has 0 fully saturated rings. The van der Waals surface area contributed by atoms with E-state index in [4.69, 9.17) is 4.74 Å². The summed E-state index contributed by atoms with van der Waals surface area (Å²) in [5, 5.41) is 5.18. The number of carbonyl (C=O) groups excluding carboxylic acids is 2. The van der Waals surface area contributed by atoms with Gasteiger partial charge in [0.1, 0.15) is 5.75 Å². The third-order valence-corrected chi connectivity index (χ3v) is 5.07. The molecule has 0 spiro atoms. The van der Waals surface area contributed by atoms with Crippen LogP contribution in [0.2, 0.25) is 0 Å². The highest BCUT2D eigenvalue weighted by Gasteiger charge is 2.25. The first kappa shape index (κ1) is 18.1. The molecule has 1 aliphatic heterocycles. The van der Waals surface area contributed by atoms with E-state index in [0.717, 1.165) is 23.4 Å². The van der Waals surface area contributed by atoms with Gasteiger partial charge < -0.3 is 9.64 Å². The van der Waals surface area contributed by atoms with E-state index in [2.05, 4.69) is 15.3 Å². The molecule has 142 valence electrons. The van der Waals surface area contributed by atoms with Gasteiger partial charge in [-0.2, -0.15) is 0 Å². The quantitative estimate of drug-likeness (QED) is 0.715. The lowest BCUT2D eigenvalue weighted by Gasteiger charge is -2.29. The van der Waals surface area contributed by atoms with Gasteiger partial charge in [0.05, 0.1) is 11.4 Å². The third kappa shape index (κ3) is 3.59. The van der Waals surface area contributed by atoms with Crippen LogP contribution in [0.1, 0.15) is 23.7 Å². The number of carbonyl (C=O) groups is 2. The number of rotatable bonds is 5. The van der Waals surface area contributed by atoms with E-state index in [1.54, 1.807) is 29.4 Å². The summed E-state index contributed by atoms with van der Waals surface area (Å²) in [4.78, 5) is 34.6. The molecule has 0 saturated heterocycles. The van der Waals surface area contributed by atoms with Crippen molar-refractivity contribution in [3.8, 4) is 17.0 Å². The van der Waals surface area contributed by atoms with Crippen LogP contribution in [0.15, 0.2) is 48.1 Å². The van der Waals surface area contributed by atoms with Crippen molar-refractivity contribution in [1.82, 2.24) is 9.97 Å². The summed E-state index contributed by atoms with van der Waals surface area (Å²) in [6.45, 7) is 2.74. The molecule has 4 rings (SSSR count). The van der Waals surface area contributed by atoms with Gasteiger partial charge in [0.25, 0.3) is 11.8 Å². The van der Waals surface area contributed by atoms with Gasteiger partial charge in [-0.05, 0) is 36.8 Å². The number of aromatic nitrogens is 2. The average Bonchev–Trinajstić information content (AvgIpc) is 3.19. The molecule has 0 bridgehead atoms. The van der Waals surface area contributed by atoms with Crippen LogP contribution in [0.4, 0.5) is 10.8 Å². The summed E-state index contributed by atoms with van der Waals surface area (Å²) in [6, 6.07) is 8.96. The van der Waals surface area contributed by atoms with Crippen molar-refractivity contribution in [2.24, 2.45) is 0 Å². The van der Waals surface area contributed by atoms with Gasteiger partial charge in [0.15, 0.2) is 11.7 Å². The van der Waals surface area contributed by atoms with Crippen molar-refractivity contribution in [3.63, 3.8) is 0 Å². The molecule has 1 aliphatic rings. The number of fused-ring (bicyclic) bond motifs is 1. The normalized spacial score (nSPS) is 13.0. The number of benzene rings is 1. The first-order chi connectivity index (χ1) is 13.7. The average molecular weight is 394 g/mol. The molecule has 8 heteroatoms. The lowest BCUT2D eigenvalue weighted by Crippen LogP contribution is -2.39. The van der Waals surface area contributed by atoms with Gasteiger partial charge in [-0.3, -0.25) is 19.9 Å². The van der Waals surface area contributed by atoms with Crippen LogP contribution in [-0.2, 0) is 4.79 Å². The second-order valence-electron chi connectivity index (χ2n) is 6.24. The van der Waals surface area contributed by atoms with Crippen LogP contribution in [0, 0.1) is 0 Å². The summed E-state index contributed by atoms with van der Waals surface area (Å²) in [5.41, 5.74) is 2.86. The van der Waals surface area contributed by atoms with E-state index in [-0.39, 0.29) is 18.4 Å². The third-order valence-electron chi connectivity index (χ3n) is 4.31. The number of ether oxygens (including phenoxy) is 1. The van der Waals surface area contributed by atoms with Crippen LogP contribution in [-0.4, -0.2) is 34.9 Å². The van der Waals surface area contributed by atoms with E-state index >= 15 is 0 Å². The lowest BCUT2D eigenvalue weighted by molar-refractivity contribution is -0.121. The topological polar surface area (TPSA) is 84.4 Å². The summed E-state index contributed by atoms with van der Waals surface area (Å²) in [6.07, 6.45) is 4.00. The molecule has 28 heavy (non-hydrogen) atoms. The molecule has 2 aromatic heterocycles. The number of hydrogen-bond donors (Lipinski definition) is 1. The number of amides is 2. The predicted molar refractivity (Wildman–Crippen MR) is 108 cm³/mol. The molecule has 0 unspecified atom stereocenters. The van der Waals surface area contributed by atoms with Crippen molar-refractivity contribution >= 4 is 34.0 Å². The maximum atomic E-state index is 12.3. The number of anilines is 2. The molecule has 7 nitrogen and oxygen atoms in total. The Morgan fingerprint density at radius 2 is 2.11 bits per heavy atom. The van der Waals surface area contributed by atoms with Crippen molar-refractivity contribution in [2.45, 2.75) is 13.3 Å². The van der Waals surface area contributed by atoms with Crippen LogP contribution in [0.3, 0.4) is 0 Å². The Morgan fingerprint density at radius 1 is 1.29 bits per heavy atom. The van der Waals surface area contributed by atoms with Crippen molar-refractivity contribution < 1.29 is 14.3 Å². The molecule has 1 aromatic carbocycles. The highest BCUT2D eigenvalue weighted by molar-refractivity contribution is 7.14. The Morgan fingerprint density at radius 3 is 2.89 bits per heavy atom. The summed E-state index contributed by atoms with van der Waals surface area (Å²) in [5.74, 6) is 0.412. The van der Waals surface area contributed by atoms with Crippen molar-refractivity contribution in [1.29, 1.82) is 0 Å². The number of nitrogens with one attached hydrogen (secondary N) is 1. The number of thiazole rings is 1. The van der Waals surface area contributed by atoms with E-state index in [1.807, 2.05) is 30.5 Å². The van der Waals surface area contributed by atoms with Crippen molar-refractivity contribution in [2.75, 3.05) is 23.4 Å². The Labute approximate surface area is 166 Å². The maximum Gasteiger partial charge on any atom is 0.265 e. The SMILES string of the molecule is CCCN1C(=O)COc2ccc(-c3csc(NC(=O)c4ccncc4)n3)cc21. The Balaban J connectivity index is 1.57. The van der Waals surface area contributed by atoms with Crippen molar-refractivity contribution in [3.05, 3.63) is 53.7 Å². The standard InChI is InChI=1S/C20H18N4O3S/c1-2-9-24-16-10-14(3-4-17(16)27-11-18(24)25)15-12-28-20(22-15)23-19(26)13-5-7-21-8-6-13/h3-8,10,12H,2,9,11H2,1H3,(H,22,23,26). The monoisotopic (exact) mass is 394 g/mol. The van der Waals surface area contributed by atoms with Gasteiger partial charge in [-0.15, -0.1) is 11.3 Å². The van der Waals surface area contributed by atoms with E-state index in [0.29, 0.717) is 23.0 Å². The second-order valence-corrected chi connectivity index (χ2v) is 7.10. The molecule has 0 atom stereocenters. The lowest BCUT2D eigenvalue weighted by atomic mass is 10.1. The predicted octanol–water partition coefficient (Wildman–Crippen LogP) is 3.59. The number of hydrogen-bond acceptors (Lipinski definition) is 6. The Hall–Kier alpha value is -3.26. The molecular weight excluding hydrogens is 376 g/mol. The van der Waals surface area contributed by atoms with Gasteiger partial charge in [-0.25, -0.2) is 4.98 Å². The molecular formula is C20H18N4O3S. The zero-order valence-corrected chi connectivity index (χ0v) is 16.0. The largest absolute Gasteiger partial charge is 0.482 e. The zero-order valence-electron chi connectivity index (χ0n) is 15.2. The molecule has 1 N–H and O–H groups in total. The summed E-state index contributed by atoms with van der Waals surface area (Å²) >= 11 is 1.35. The maximum absolute atomic E-state index is 12.3. The van der Waals surface area contributed by atoms with Crippen LogP contribution in [0.5, 0.6) is 5.75 Å². The molecule has 3 heterocycles. The highest BCUT2D eigenvalue weighted by atomic mass is 32.1. The summed E-state index contributed by atoms with van der Waals surface area (Å²) in [7, 11) is 0. The molecule has 0 saturated carbocycles. The van der Waals surface area contributed by atoms with Crippen LogP contribution in [0.25, 0.3) is 11.3 Å². The molecule has 3 aromatic rings. The first-order valence-corrected chi connectivity index (χ1v) is 9.78. The Bertz CT molecular complexity index is 1020. The smallest absolute Gasteiger partial charge is 0.265 e. The minimum absolute atomic E-state index is 0.0462. The number of pyridine rings is 1. The zero-order chi connectivity index (χ0) is 19.5. The van der Waals surface area contributed by atoms with Gasteiger partial charge >= 0.3 is 0 Å². The van der Waals surface area contributed by atoms with Crippen LogP contribution < -0.4 is 15.0 Å². The van der Waals surface area contributed by atoms with Gasteiger partial charge in [-0.1, -0.05) is 6.92 Å². The molecule has 2 amide bonds. The molecule has 0 radical (unpaired) electrons. The second kappa shape index (κ2) is 7.77. The van der Waals surface area contributed by atoms with Crippen LogP contribution >= 0.6 is 11.3 Å². The van der Waals surface area contributed by atoms with E-state index < -0.39 is 0 Å². The number of nitrogens with zero attached hydrogens (tertiary/aromatic N) is 3. The minimum atomic E-state index is -0.234. The van der Waals surface area contributed by atoms with E-state index in [1.165, 1.54) is 11.3 Å². The fourth-order valence-corrected chi connectivity index (χ4v) is 3.68. The summed E-state index contributed by atoms with van der Waals surface area (Å²) < 4.78 is 5.54. The minimum Gasteiger partial charge on any atom is -0.482 e. The first-order valence-electron chi connectivity index (χ1n) is 8.90. The van der Waals surface area contributed by atoms with Gasteiger partial charge in [0, 0.05) is 35.4 Å². The fourth-order valence-electron chi connectivity index (χ4n) is 2.97. The Kier molecular flexibility index (Phi) is 5.03. The van der Waals surface area contributed by atoms with E-state index in [9.17, 15) is 9.59 Å². The molecule has 0 aliphatic carbocycles. The fraction of sp³-hybridized carbons (Fsp3) is 0.200. The van der Waals surface area contributed by atoms with Gasteiger partial charge in [0.2, 0.25) is 0 Å². The highest BCUT2D eigenvalue weighted by Crippen LogP contribution is 2.36.